The Morgan fingerprint density at radius 2 is 1.38 bits per heavy atom. The van der Waals surface area contributed by atoms with E-state index in [1.807, 2.05) is 31.2 Å². The molecule has 0 fully saturated rings. The molecule has 0 aliphatic carbocycles. The zero-order valence-electron chi connectivity index (χ0n) is 14.0. The molecule has 0 atom stereocenters. The lowest BCUT2D eigenvalue weighted by Gasteiger charge is -2.07. The van der Waals surface area contributed by atoms with E-state index in [1.54, 1.807) is 48.5 Å². The molecule has 5 heteroatoms. The predicted molar refractivity (Wildman–Crippen MR) is 105 cm³/mol. The summed E-state index contributed by atoms with van der Waals surface area (Å²) >= 11 is 3.32. The summed E-state index contributed by atoms with van der Waals surface area (Å²) in [5, 5.41) is 2.83. The molecule has 0 aliphatic heterocycles. The molecule has 0 aliphatic rings. The SMILES string of the molecule is Cc1ccc(NC(=O)c2ccc(OC(=O)c3ccc(Br)cc3)cc2)cc1. The molecule has 0 aromatic heterocycles. The number of hydrogen-bond acceptors (Lipinski definition) is 3. The number of hydrogen-bond donors (Lipinski definition) is 1. The monoisotopic (exact) mass is 409 g/mol. The lowest BCUT2D eigenvalue weighted by molar-refractivity contribution is 0.0734. The van der Waals surface area contributed by atoms with Crippen molar-refractivity contribution in [1.82, 2.24) is 0 Å². The molecule has 26 heavy (non-hydrogen) atoms. The molecule has 0 radical (unpaired) electrons. The second-order valence-corrected chi connectivity index (χ2v) is 6.66. The maximum absolute atomic E-state index is 12.3. The first kappa shape index (κ1) is 17.9. The molecule has 0 bridgehead atoms. The second-order valence-electron chi connectivity index (χ2n) is 5.74. The van der Waals surface area contributed by atoms with Crippen molar-refractivity contribution in [1.29, 1.82) is 0 Å². The van der Waals surface area contributed by atoms with Crippen molar-refractivity contribution < 1.29 is 14.3 Å². The van der Waals surface area contributed by atoms with Crippen LogP contribution in [0.1, 0.15) is 26.3 Å². The molecular weight excluding hydrogens is 394 g/mol. The normalized spacial score (nSPS) is 10.2. The van der Waals surface area contributed by atoms with Gasteiger partial charge in [-0.25, -0.2) is 4.79 Å². The highest BCUT2D eigenvalue weighted by atomic mass is 79.9. The first-order valence-electron chi connectivity index (χ1n) is 7.97. The fourth-order valence-corrected chi connectivity index (χ4v) is 2.53. The Morgan fingerprint density at radius 1 is 0.808 bits per heavy atom. The minimum absolute atomic E-state index is 0.223. The van der Waals surface area contributed by atoms with E-state index in [1.165, 1.54) is 0 Å². The van der Waals surface area contributed by atoms with Gasteiger partial charge in [0.2, 0.25) is 0 Å². The first-order valence-corrected chi connectivity index (χ1v) is 8.76. The largest absolute Gasteiger partial charge is 0.423 e. The van der Waals surface area contributed by atoms with Gasteiger partial charge in [0.1, 0.15) is 5.75 Å². The third-order valence-electron chi connectivity index (χ3n) is 3.72. The van der Waals surface area contributed by atoms with Gasteiger partial charge in [0.05, 0.1) is 5.56 Å². The van der Waals surface area contributed by atoms with E-state index in [0.717, 1.165) is 15.7 Å². The van der Waals surface area contributed by atoms with Crippen LogP contribution in [0.2, 0.25) is 0 Å². The van der Waals surface area contributed by atoms with Crippen LogP contribution in [0.25, 0.3) is 0 Å². The van der Waals surface area contributed by atoms with Crippen molar-refractivity contribution in [3.8, 4) is 5.75 Å². The quantitative estimate of drug-likeness (QED) is 0.474. The Bertz CT molecular complexity index is 917. The number of halogens is 1. The molecule has 0 unspecified atom stereocenters. The van der Waals surface area contributed by atoms with Crippen LogP contribution in [0, 0.1) is 6.92 Å². The van der Waals surface area contributed by atoms with Gasteiger partial charge in [0, 0.05) is 15.7 Å². The number of aryl methyl sites for hydroxylation is 1. The van der Waals surface area contributed by atoms with Gasteiger partial charge in [-0.15, -0.1) is 0 Å². The summed E-state index contributed by atoms with van der Waals surface area (Å²) < 4.78 is 6.21. The summed E-state index contributed by atoms with van der Waals surface area (Å²) in [4.78, 5) is 24.4. The highest BCUT2D eigenvalue weighted by Gasteiger charge is 2.10. The minimum atomic E-state index is -0.450. The molecule has 4 nitrogen and oxygen atoms in total. The molecule has 0 saturated carbocycles. The van der Waals surface area contributed by atoms with Crippen molar-refractivity contribution in [3.05, 3.63) is 94.0 Å². The molecule has 0 saturated heterocycles. The Hall–Kier alpha value is -2.92. The zero-order valence-corrected chi connectivity index (χ0v) is 15.6. The Balaban J connectivity index is 1.64. The lowest BCUT2D eigenvalue weighted by atomic mass is 10.2. The highest BCUT2D eigenvalue weighted by molar-refractivity contribution is 9.10. The summed E-state index contributed by atoms with van der Waals surface area (Å²) in [5.74, 6) is -0.293. The molecule has 3 aromatic rings. The molecule has 1 N–H and O–H groups in total. The van der Waals surface area contributed by atoms with Crippen molar-refractivity contribution >= 4 is 33.5 Å². The third-order valence-corrected chi connectivity index (χ3v) is 4.25. The van der Waals surface area contributed by atoms with Crippen LogP contribution >= 0.6 is 15.9 Å². The number of anilines is 1. The van der Waals surface area contributed by atoms with E-state index in [2.05, 4.69) is 21.2 Å². The number of carbonyl (C=O) groups excluding carboxylic acids is 2. The van der Waals surface area contributed by atoms with Crippen LogP contribution < -0.4 is 10.1 Å². The number of rotatable bonds is 4. The minimum Gasteiger partial charge on any atom is -0.423 e. The molecule has 130 valence electrons. The predicted octanol–water partition coefficient (Wildman–Crippen LogP) is 5.23. The zero-order chi connectivity index (χ0) is 18.5. The van der Waals surface area contributed by atoms with Crippen LogP contribution in [0.3, 0.4) is 0 Å². The van der Waals surface area contributed by atoms with Crippen LogP contribution in [0.4, 0.5) is 5.69 Å². The standard InChI is InChI=1S/C21H16BrNO3/c1-14-2-10-18(11-3-14)23-20(24)15-6-12-19(13-7-15)26-21(25)16-4-8-17(22)9-5-16/h2-13H,1H3,(H,23,24). The lowest BCUT2D eigenvalue weighted by Crippen LogP contribution is -2.12. The Labute approximate surface area is 159 Å². The van der Waals surface area contributed by atoms with Crippen molar-refractivity contribution in [2.75, 3.05) is 5.32 Å². The van der Waals surface area contributed by atoms with Gasteiger partial charge in [-0.05, 0) is 67.6 Å². The van der Waals surface area contributed by atoms with Crippen LogP contribution in [-0.4, -0.2) is 11.9 Å². The topological polar surface area (TPSA) is 55.4 Å². The third kappa shape index (κ3) is 4.58. The smallest absolute Gasteiger partial charge is 0.343 e. The van der Waals surface area contributed by atoms with Gasteiger partial charge in [-0.3, -0.25) is 4.79 Å². The number of ether oxygens (including phenoxy) is 1. The number of amides is 1. The van der Waals surface area contributed by atoms with Crippen LogP contribution in [0.15, 0.2) is 77.3 Å². The van der Waals surface area contributed by atoms with Gasteiger partial charge < -0.3 is 10.1 Å². The van der Waals surface area contributed by atoms with E-state index in [0.29, 0.717) is 16.9 Å². The fraction of sp³-hybridized carbons (Fsp3) is 0.0476. The van der Waals surface area contributed by atoms with E-state index in [4.69, 9.17) is 4.74 Å². The average molecular weight is 410 g/mol. The molecular formula is C21H16BrNO3. The average Bonchev–Trinajstić information content (AvgIpc) is 2.64. The van der Waals surface area contributed by atoms with Gasteiger partial charge in [-0.2, -0.15) is 0 Å². The van der Waals surface area contributed by atoms with E-state index in [9.17, 15) is 9.59 Å². The summed E-state index contributed by atoms with van der Waals surface area (Å²) in [6.07, 6.45) is 0. The maximum atomic E-state index is 12.3. The van der Waals surface area contributed by atoms with Crippen LogP contribution in [0.5, 0.6) is 5.75 Å². The maximum Gasteiger partial charge on any atom is 0.343 e. The Kier molecular flexibility index (Phi) is 5.49. The van der Waals surface area contributed by atoms with E-state index < -0.39 is 5.97 Å². The van der Waals surface area contributed by atoms with Crippen molar-refractivity contribution in [2.45, 2.75) is 6.92 Å². The highest BCUT2D eigenvalue weighted by Crippen LogP contribution is 2.17. The number of nitrogens with one attached hydrogen (secondary N) is 1. The van der Waals surface area contributed by atoms with Crippen molar-refractivity contribution in [3.63, 3.8) is 0 Å². The van der Waals surface area contributed by atoms with E-state index in [-0.39, 0.29) is 5.91 Å². The van der Waals surface area contributed by atoms with Gasteiger partial charge in [0.25, 0.3) is 5.91 Å². The summed E-state index contributed by atoms with van der Waals surface area (Å²) in [6.45, 7) is 1.99. The van der Waals surface area contributed by atoms with Crippen LogP contribution in [-0.2, 0) is 0 Å². The van der Waals surface area contributed by atoms with Gasteiger partial charge >= 0.3 is 5.97 Å². The first-order chi connectivity index (χ1) is 12.5. The fourth-order valence-electron chi connectivity index (χ4n) is 2.27. The summed E-state index contributed by atoms with van der Waals surface area (Å²) in [7, 11) is 0. The van der Waals surface area contributed by atoms with Gasteiger partial charge in [0.15, 0.2) is 0 Å². The molecule has 1 amide bonds. The molecule has 0 heterocycles. The van der Waals surface area contributed by atoms with E-state index >= 15 is 0 Å². The number of carbonyl (C=O) groups is 2. The summed E-state index contributed by atoms with van der Waals surface area (Å²) in [6, 6.07) is 20.9. The molecule has 3 aromatic carbocycles. The Morgan fingerprint density at radius 3 is 2.00 bits per heavy atom. The number of esters is 1. The summed E-state index contributed by atoms with van der Waals surface area (Å²) in [5.41, 5.74) is 2.79. The van der Waals surface area contributed by atoms with Crippen molar-refractivity contribution in [2.24, 2.45) is 0 Å². The number of benzene rings is 3. The molecule has 3 rings (SSSR count). The molecule has 0 spiro atoms. The second kappa shape index (κ2) is 7.97. The van der Waals surface area contributed by atoms with Gasteiger partial charge in [-0.1, -0.05) is 33.6 Å².